The van der Waals surface area contributed by atoms with Gasteiger partial charge in [0.2, 0.25) is 0 Å². The third-order valence-electron chi connectivity index (χ3n) is 2.61. The highest BCUT2D eigenvalue weighted by Crippen LogP contribution is 2.29. The molecule has 2 N–H and O–H groups in total. The van der Waals surface area contributed by atoms with E-state index in [4.69, 9.17) is 5.11 Å². The molecule has 0 radical (unpaired) electrons. The van der Waals surface area contributed by atoms with Crippen molar-refractivity contribution < 1.29 is 19.4 Å². The van der Waals surface area contributed by atoms with Gasteiger partial charge in [-0.05, 0) is 43.5 Å². The maximum absolute atomic E-state index is 13.0. The SMILES string of the molecule is Cc1ccc(F)cc1C(C)(O)CCC(=O)O. The Morgan fingerprint density at radius 2 is 2.12 bits per heavy atom. The summed E-state index contributed by atoms with van der Waals surface area (Å²) >= 11 is 0. The average Bonchev–Trinajstić information content (AvgIpc) is 2.19. The van der Waals surface area contributed by atoms with Crippen molar-refractivity contribution in [2.45, 2.75) is 32.3 Å². The van der Waals surface area contributed by atoms with Crippen molar-refractivity contribution in [3.63, 3.8) is 0 Å². The van der Waals surface area contributed by atoms with Gasteiger partial charge in [-0.1, -0.05) is 6.07 Å². The highest BCUT2D eigenvalue weighted by molar-refractivity contribution is 5.66. The number of aliphatic carboxylic acids is 1. The fourth-order valence-corrected chi connectivity index (χ4v) is 1.66. The first kappa shape index (κ1) is 12.6. The Bertz CT molecular complexity index is 399. The van der Waals surface area contributed by atoms with Crippen molar-refractivity contribution in [1.82, 2.24) is 0 Å². The summed E-state index contributed by atoms with van der Waals surface area (Å²) in [5.41, 5.74) is -0.129. The Labute approximate surface area is 93.5 Å². The van der Waals surface area contributed by atoms with Crippen LogP contribution in [0.25, 0.3) is 0 Å². The Hall–Kier alpha value is -1.42. The summed E-state index contributed by atoms with van der Waals surface area (Å²) in [6.45, 7) is 3.25. The van der Waals surface area contributed by atoms with Gasteiger partial charge in [0.25, 0.3) is 0 Å². The molecule has 0 aliphatic heterocycles. The van der Waals surface area contributed by atoms with Crippen LogP contribution in [0.15, 0.2) is 18.2 Å². The molecule has 0 bridgehead atoms. The van der Waals surface area contributed by atoms with Crippen molar-refractivity contribution in [2.75, 3.05) is 0 Å². The van der Waals surface area contributed by atoms with Crippen molar-refractivity contribution in [3.8, 4) is 0 Å². The van der Waals surface area contributed by atoms with Crippen LogP contribution in [0.1, 0.15) is 30.9 Å². The van der Waals surface area contributed by atoms with Crippen LogP contribution < -0.4 is 0 Å². The number of carboxylic acids is 1. The molecule has 3 nitrogen and oxygen atoms in total. The first-order chi connectivity index (χ1) is 7.33. The highest BCUT2D eigenvalue weighted by Gasteiger charge is 2.26. The van der Waals surface area contributed by atoms with Crippen LogP contribution in [0.5, 0.6) is 0 Å². The highest BCUT2D eigenvalue weighted by atomic mass is 19.1. The van der Waals surface area contributed by atoms with Gasteiger partial charge < -0.3 is 10.2 Å². The third kappa shape index (κ3) is 3.03. The Kier molecular flexibility index (Phi) is 3.65. The molecule has 0 amide bonds. The van der Waals surface area contributed by atoms with E-state index in [9.17, 15) is 14.3 Å². The zero-order chi connectivity index (χ0) is 12.3. The molecular weight excluding hydrogens is 211 g/mol. The number of carbonyl (C=O) groups is 1. The molecule has 0 saturated carbocycles. The molecular formula is C12H15FO3. The van der Waals surface area contributed by atoms with E-state index < -0.39 is 17.4 Å². The van der Waals surface area contributed by atoms with Gasteiger partial charge in [0.05, 0.1) is 5.60 Å². The second kappa shape index (κ2) is 4.61. The van der Waals surface area contributed by atoms with E-state index in [1.165, 1.54) is 19.1 Å². The zero-order valence-corrected chi connectivity index (χ0v) is 9.33. The van der Waals surface area contributed by atoms with Crippen LogP contribution >= 0.6 is 0 Å². The smallest absolute Gasteiger partial charge is 0.303 e. The third-order valence-corrected chi connectivity index (χ3v) is 2.61. The number of benzene rings is 1. The van der Waals surface area contributed by atoms with Crippen molar-refractivity contribution in [1.29, 1.82) is 0 Å². The molecule has 0 heterocycles. The monoisotopic (exact) mass is 226 g/mol. The van der Waals surface area contributed by atoms with Gasteiger partial charge in [0.1, 0.15) is 5.82 Å². The molecule has 1 aromatic rings. The largest absolute Gasteiger partial charge is 0.481 e. The van der Waals surface area contributed by atoms with Crippen LogP contribution in [0, 0.1) is 12.7 Å². The lowest BCUT2D eigenvalue weighted by molar-refractivity contribution is -0.138. The predicted octanol–water partition coefficient (Wildman–Crippen LogP) is 2.21. The second-order valence-electron chi connectivity index (χ2n) is 4.13. The molecule has 0 spiro atoms. The number of hydrogen-bond acceptors (Lipinski definition) is 2. The normalized spacial score (nSPS) is 14.5. The van der Waals surface area contributed by atoms with Gasteiger partial charge in [-0.15, -0.1) is 0 Å². The lowest BCUT2D eigenvalue weighted by Gasteiger charge is -2.25. The van der Waals surface area contributed by atoms with Crippen LogP contribution in [0.2, 0.25) is 0 Å². The molecule has 0 aliphatic carbocycles. The predicted molar refractivity (Wildman–Crippen MR) is 57.6 cm³/mol. The first-order valence-electron chi connectivity index (χ1n) is 5.04. The lowest BCUT2D eigenvalue weighted by atomic mass is 9.88. The topological polar surface area (TPSA) is 57.5 Å². The second-order valence-corrected chi connectivity index (χ2v) is 4.13. The summed E-state index contributed by atoms with van der Waals surface area (Å²) in [5, 5.41) is 18.7. The van der Waals surface area contributed by atoms with Crippen LogP contribution in [0.4, 0.5) is 4.39 Å². The summed E-state index contributed by atoms with van der Waals surface area (Å²) in [7, 11) is 0. The number of aryl methyl sites for hydroxylation is 1. The van der Waals surface area contributed by atoms with Crippen LogP contribution in [-0.2, 0) is 10.4 Å². The van der Waals surface area contributed by atoms with E-state index in [1.807, 2.05) is 0 Å². The standard InChI is InChI=1S/C12H15FO3/c1-8-3-4-9(13)7-10(8)12(2,16)6-5-11(14)15/h3-4,7,16H,5-6H2,1-2H3,(H,14,15). The molecule has 0 saturated heterocycles. The van der Waals surface area contributed by atoms with Crippen LogP contribution in [-0.4, -0.2) is 16.2 Å². The number of carboxylic acid groups (broad SMARTS) is 1. The van der Waals surface area contributed by atoms with Gasteiger partial charge >= 0.3 is 5.97 Å². The molecule has 0 aliphatic rings. The van der Waals surface area contributed by atoms with E-state index in [2.05, 4.69) is 0 Å². The summed E-state index contributed by atoms with van der Waals surface area (Å²) < 4.78 is 13.0. The fraction of sp³-hybridized carbons (Fsp3) is 0.417. The van der Waals surface area contributed by atoms with Gasteiger partial charge in [-0.2, -0.15) is 0 Å². The number of hydrogen-bond donors (Lipinski definition) is 2. The summed E-state index contributed by atoms with van der Waals surface area (Å²) in [6.07, 6.45) is -0.0877. The minimum Gasteiger partial charge on any atom is -0.481 e. The minimum atomic E-state index is -1.31. The summed E-state index contributed by atoms with van der Waals surface area (Å²) in [6, 6.07) is 4.13. The lowest BCUT2D eigenvalue weighted by Crippen LogP contribution is -2.23. The molecule has 0 fully saturated rings. The molecule has 4 heteroatoms. The fourth-order valence-electron chi connectivity index (χ4n) is 1.66. The van der Waals surface area contributed by atoms with Gasteiger partial charge in [-0.3, -0.25) is 4.79 Å². The van der Waals surface area contributed by atoms with Crippen molar-refractivity contribution in [2.24, 2.45) is 0 Å². The van der Waals surface area contributed by atoms with Crippen molar-refractivity contribution in [3.05, 3.63) is 35.1 Å². The molecule has 1 atom stereocenters. The molecule has 88 valence electrons. The summed E-state index contributed by atoms with van der Waals surface area (Å²) in [4.78, 5) is 10.4. The van der Waals surface area contributed by atoms with Crippen molar-refractivity contribution >= 4 is 5.97 Å². The molecule has 16 heavy (non-hydrogen) atoms. The molecule has 1 unspecified atom stereocenters. The summed E-state index contributed by atoms with van der Waals surface area (Å²) in [5.74, 6) is -1.41. The Balaban J connectivity index is 2.96. The number of aliphatic hydroxyl groups is 1. The molecule has 1 rings (SSSR count). The number of halogens is 1. The Morgan fingerprint density at radius 3 is 2.69 bits per heavy atom. The average molecular weight is 226 g/mol. The Morgan fingerprint density at radius 1 is 1.50 bits per heavy atom. The minimum absolute atomic E-state index is 0.0621. The van der Waals surface area contributed by atoms with Gasteiger partial charge in [-0.25, -0.2) is 4.39 Å². The van der Waals surface area contributed by atoms with E-state index in [0.717, 1.165) is 5.56 Å². The maximum Gasteiger partial charge on any atom is 0.303 e. The van der Waals surface area contributed by atoms with E-state index in [1.54, 1.807) is 13.0 Å². The zero-order valence-electron chi connectivity index (χ0n) is 9.33. The van der Waals surface area contributed by atoms with E-state index >= 15 is 0 Å². The molecule has 1 aromatic carbocycles. The molecule has 0 aromatic heterocycles. The number of rotatable bonds is 4. The van der Waals surface area contributed by atoms with E-state index in [0.29, 0.717) is 5.56 Å². The van der Waals surface area contributed by atoms with Gasteiger partial charge in [0.15, 0.2) is 0 Å². The maximum atomic E-state index is 13.0. The van der Waals surface area contributed by atoms with Crippen LogP contribution in [0.3, 0.4) is 0 Å². The quantitative estimate of drug-likeness (QED) is 0.827. The first-order valence-corrected chi connectivity index (χ1v) is 5.04. The van der Waals surface area contributed by atoms with Gasteiger partial charge in [0, 0.05) is 6.42 Å². The van der Waals surface area contributed by atoms with E-state index in [-0.39, 0.29) is 12.8 Å².